The molecule has 0 N–H and O–H groups in total. The van der Waals surface area contributed by atoms with Gasteiger partial charge in [0.1, 0.15) is 5.78 Å². The third-order valence-corrected chi connectivity index (χ3v) is 3.09. The van der Waals surface area contributed by atoms with Gasteiger partial charge in [-0.25, -0.2) is 0 Å². The van der Waals surface area contributed by atoms with Gasteiger partial charge >= 0.3 is 0 Å². The van der Waals surface area contributed by atoms with Gasteiger partial charge in [-0.2, -0.15) is 0 Å². The van der Waals surface area contributed by atoms with Crippen molar-refractivity contribution in [2.24, 2.45) is 11.8 Å². The summed E-state index contributed by atoms with van der Waals surface area (Å²) >= 11 is 0. The molecule has 3 unspecified atom stereocenters. The lowest BCUT2D eigenvalue weighted by molar-refractivity contribution is -0.123. The van der Waals surface area contributed by atoms with Crippen LogP contribution < -0.4 is 0 Å². The van der Waals surface area contributed by atoms with Gasteiger partial charge in [0.05, 0.1) is 0 Å². The van der Waals surface area contributed by atoms with Crippen molar-refractivity contribution in [2.75, 3.05) is 19.6 Å². The van der Waals surface area contributed by atoms with Crippen LogP contribution in [0.4, 0.5) is 0 Å². The molecular formula is C9H15NO. The highest BCUT2D eigenvalue weighted by Crippen LogP contribution is 2.33. The lowest BCUT2D eigenvalue weighted by Gasteiger charge is -2.19. The second kappa shape index (κ2) is 2.59. The van der Waals surface area contributed by atoms with Gasteiger partial charge in [0.2, 0.25) is 0 Å². The van der Waals surface area contributed by atoms with Crippen LogP contribution in [0.1, 0.15) is 19.8 Å². The maximum Gasteiger partial charge on any atom is 0.137 e. The second-order valence-electron chi connectivity index (χ2n) is 3.73. The molecule has 2 rings (SSSR count). The molecular weight excluding hydrogens is 138 g/mol. The lowest BCUT2D eigenvalue weighted by Crippen LogP contribution is -2.28. The molecule has 62 valence electrons. The number of nitrogens with zero attached hydrogens (tertiary/aromatic N) is 1. The first-order valence-corrected chi connectivity index (χ1v) is 4.56. The van der Waals surface area contributed by atoms with Crippen molar-refractivity contribution in [1.82, 2.24) is 4.90 Å². The topological polar surface area (TPSA) is 20.3 Å². The summed E-state index contributed by atoms with van der Waals surface area (Å²) in [5.41, 5.74) is 0. The molecule has 2 aliphatic rings. The smallest absolute Gasteiger partial charge is 0.137 e. The van der Waals surface area contributed by atoms with Gasteiger partial charge in [0, 0.05) is 25.4 Å². The number of hydrogen-bond acceptors (Lipinski definition) is 2. The minimum absolute atomic E-state index is 0.397. The van der Waals surface area contributed by atoms with Gasteiger partial charge in [0.25, 0.3) is 0 Å². The third kappa shape index (κ3) is 1.09. The number of Topliss-reactive ketones (excluding diaryl/α,β-unsaturated/α-hetero) is 1. The number of rotatable bonds is 2. The van der Waals surface area contributed by atoms with E-state index in [9.17, 15) is 4.79 Å². The van der Waals surface area contributed by atoms with Crippen LogP contribution in [0.15, 0.2) is 0 Å². The molecule has 11 heavy (non-hydrogen) atoms. The largest absolute Gasteiger partial charge is 0.302 e. The molecule has 2 nitrogen and oxygen atoms in total. The van der Waals surface area contributed by atoms with Crippen LogP contribution >= 0.6 is 0 Å². The molecule has 0 saturated carbocycles. The van der Waals surface area contributed by atoms with Crippen LogP contribution in [-0.2, 0) is 4.79 Å². The van der Waals surface area contributed by atoms with E-state index in [-0.39, 0.29) is 0 Å². The van der Waals surface area contributed by atoms with E-state index in [1.54, 1.807) is 0 Å². The highest BCUT2D eigenvalue weighted by molar-refractivity contribution is 5.81. The van der Waals surface area contributed by atoms with Crippen molar-refractivity contribution in [3.05, 3.63) is 0 Å². The van der Waals surface area contributed by atoms with E-state index in [0.29, 0.717) is 17.6 Å². The quantitative estimate of drug-likeness (QED) is 0.588. The Kier molecular flexibility index (Phi) is 1.72. The Morgan fingerprint density at radius 2 is 2.36 bits per heavy atom. The predicted octanol–water partition coefficient (Wildman–Crippen LogP) is 0.917. The van der Waals surface area contributed by atoms with Crippen LogP contribution in [0, 0.1) is 11.8 Å². The van der Waals surface area contributed by atoms with Gasteiger partial charge in [-0.1, -0.05) is 6.92 Å². The SMILES string of the molecule is CCC(=O)C1CN2CCC1C2. The number of piperidine rings is 1. The average molecular weight is 153 g/mol. The van der Waals surface area contributed by atoms with Crippen molar-refractivity contribution in [1.29, 1.82) is 0 Å². The minimum atomic E-state index is 0.397. The van der Waals surface area contributed by atoms with Gasteiger partial charge in [-0.05, 0) is 18.9 Å². The second-order valence-corrected chi connectivity index (χ2v) is 3.73. The lowest BCUT2D eigenvalue weighted by atomic mass is 9.88. The van der Waals surface area contributed by atoms with Crippen LogP contribution in [0.2, 0.25) is 0 Å². The summed E-state index contributed by atoms with van der Waals surface area (Å²) in [4.78, 5) is 13.8. The average Bonchev–Trinajstić information content (AvgIpc) is 2.62. The van der Waals surface area contributed by atoms with E-state index in [1.807, 2.05) is 6.92 Å². The fourth-order valence-electron chi connectivity index (χ4n) is 2.41. The Bertz CT molecular complexity index is 178. The molecule has 0 aromatic rings. The molecule has 2 aliphatic heterocycles. The van der Waals surface area contributed by atoms with E-state index in [1.165, 1.54) is 19.5 Å². The molecule has 0 aliphatic carbocycles. The fourth-order valence-corrected chi connectivity index (χ4v) is 2.41. The van der Waals surface area contributed by atoms with Crippen molar-refractivity contribution in [3.8, 4) is 0 Å². The zero-order chi connectivity index (χ0) is 7.84. The van der Waals surface area contributed by atoms with Crippen molar-refractivity contribution in [3.63, 3.8) is 0 Å². The molecule has 2 saturated heterocycles. The monoisotopic (exact) mass is 153 g/mol. The summed E-state index contributed by atoms with van der Waals surface area (Å²) in [6.07, 6.45) is 1.99. The Hall–Kier alpha value is -0.370. The van der Waals surface area contributed by atoms with Crippen LogP contribution in [0.3, 0.4) is 0 Å². The van der Waals surface area contributed by atoms with E-state index in [0.717, 1.165) is 13.0 Å². The van der Waals surface area contributed by atoms with Crippen LogP contribution in [-0.4, -0.2) is 30.3 Å². The standard InChI is InChI=1S/C9H15NO/c1-2-9(11)8-6-10-4-3-7(8)5-10/h7-8H,2-6H2,1H3. The first-order valence-electron chi connectivity index (χ1n) is 4.56. The normalized spacial score (nSPS) is 41.4. The number of ketones is 1. The Balaban J connectivity index is 2.02. The van der Waals surface area contributed by atoms with Gasteiger partial charge < -0.3 is 4.90 Å². The molecule has 0 spiro atoms. The minimum Gasteiger partial charge on any atom is -0.302 e. The van der Waals surface area contributed by atoms with Crippen molar-refractivity contribution >= 4 is 5.78 Å². The summed E-state index contributed by atoms with van der Waals surface area (Å²) in [6.45, 7) is 5.45. The number of carbonyl (C=O) groups excluding carboxylic acids is 1. The highest BCUT2D eigenvalue weighted by atomic mass is 16.1. The zero-order valence-corrected chi connectivity index (χ0v) is 7.05. The fraction of sp³-hybridized carbons (Fsp3) is 0.889. The molecule has 3 atom stereocenters. The number of carbonyl (C=O) groups is 1. The van der Waals surface area contributed by atoms with Gasteiger partial charge in [0.15, 0.2) is 0 Å². The van der Waals surface area contributed by atoms with E-state index >= 15 is 0 Å². The predicted molar refractivity (Wildman–Crippen MR) is 43.3 cm³/mol. The Labute approximate surface area is 67.6 Å². The van der Waals surface area contributed by atoms with Crippen molar-refractivity contribution in [2.45, 2.75) is 19.8 Å². The van der Waals surface area contributed by atoms with E-state index < -0.39 is 0 Å². The summed E-state index contributed by atoms with van der Waals surface area (Å²) in [5, 5.41) is 0. The number of hydrogen-bond donors (Lipinski definition) is 0. The Morgan fingerprint density at radius 1 is 1.55 bits per heavy atom. The summed E-state index contributed by atoms with van der Waals surface area (Å²) in [7, 11) is 0. The molecule has 0 amide bonds. The summed E-state index contributed by atoms with van der Waals surface area (Å²) < 4.78 is 0. The maximum absolute atomic E-state index is 11.4. The first-order chi connectivity index (χ1) is 5.31. The van der Waals surface area contributed by atoms with Crippen LogP contribution in [0.25, 0.3) is 0 Å². The summed E-state index contributed by atoms with van der Waals surface area (Å²) in [5.74, 6) is 1.59. The van der Waals surface area contributed by atoms with E-state index in [4.69, 9.17) is 0 Å². The first kappa shape index (κ1) is 7.29. The molecule has 0 radical (unpaired) electrons. The van der Waals surface area contributed by atoms with Crippen LogP contribution in [0.5, 0.6) is 0 Å². The molecule has 2 heteroatoms. The maximum atomic E-state index is 11.4. The molecule has 0 aromatic carbocycles. The van der Waals surface area contributed by atoms with E-state index in [2.05, 4.69) is 4.90 Å². The van der Waals surface area contributed by atoms with Gasteiger partial charge in [-0.3, -0.25) is 4.79 Å². The van der Waals surface area contributed by atoms with Crippen molar-refractivity contribution < 1.29 is 4.79 Å². The highest BCUT2D eigenvalue weighted by Gasteiger charge is 2.40. The molecule has 2 bridgehead atoms. The third-order valence-electron chi connectivity index (χ3n) is 3.09. The zero-order valence-electron chi connectivity index (χ0n) is 7.05. The molecule has 0 aromatic heterocycles. The van der Waals surface area contributed by atoms with Gasteiger partial charge in [-0.15, -0.1) is 0 Å². The molecule has 2 fully saturated rings. The Morgan fingerprint density at radius 3 is 2.82 bits per heavy atom. The molecule has 2 heterocycles. The number of fused-ring (bicyclic) bond motifs is 2. The summed E-state index contributed by atoms with van der Waals surface area (Å²) in [6, 6.07) is 0.